The van der Waals surface area contributed by atoms with Crippen molar-refractivity contribution >= 4 is 33.4 Å². The van der Waals surface area contributed by atoms with Gasteiger partial charge in [-0.05, 0) is 25.1 Å². The minimum atomic E-state index is -0.575. The Morgan fingerprint density at radius 2 is 2.20 bits per heavy atom. The normalized spacial score (nSPS) is 11.7. The summed E-state index contributed by atoms with van der Waals surface area (Å²) in [7, 11) is 1.57. The first kappa shape index (κ1) is 16.9. The van der Waals surface area contributed by atoms with Crippen LogP contribution >= 0.6 is 11.3 Å². The summed E-state index contributed by atoms with van der Waals surface area (Å²) in [6.45, 7) is 1.96. The predicted molar refractivity (Wildman–Crippen MR) is 89.4 cm³/mol. The molecule has 130 valence electrons. The highest BCUT2D eigenvalue weighted by molar-refractivity contribution is 7.16. The third-order valence-corrected chi connectivity index (χ3v) is 4.37. The van der Waals surface area contributed by atoms with Gasteiger partial charge >= 0.3 is 11.9 Å². The van der Waals surface area contributed by atoms with Gasteiger partial charge in [0.05, 0.1) is 30.1 Å². The van der Waals surface area contributed by atoms with Gasteiger partial charge in [0.2, 0.25) is 5.76 Å². The van der Waals surface area contributed by atoms with Gasteiger partial charge in [0, 0.05) is 6.07 Å². The van der Waals surface area contributed by atoms with Gasteiger partial charge in [0.1, 0.15) is 12.3 Å². The second kappa shape index (κ2) is 7.31. The van der Waals surface area contributed by atoms with Crippen molar-refractivity contribution in [1.82, 2.24) is 9.72 Å². The van der Waals surface area contributed by atoms with Crippen LogP contribution in [0, 0.1) is 0 Å². The number of carbonyl (C=O) groups is 2. The lowest BCUT2D eigenvalue weighted by molar-refractivity contribution is -0.143. The van der Waals surface area contributed by atoms with Crippen molar-refractivity contribution < 1.29 is 23.6 Å². The van der Waals surface area contributed by atoms with E-state index in [0.29, 0.717) is 10.6 Å². The number of aromatic nitrogens is 2. The van der Waals surface area contributed by atoms with Crippen LogP contribution in [-0.2, 0) is 16.1 Å². The Bertz CT molecular complexity index is 971. The lowest BCUT2D eigenvalue weighted by atomic mass is 10.3. The van der Waals surface area contributed by atoms with Crippen LogP contribution in [0.3, 0.4) is 0 Å². The molecule has 0 spiro atoms. The molecule has 1 amide bonds. The van der Waals surface area contributed by atoms with Gasteiger partial charge in [0.25, 0.3) is 0 Å². The molecular formula is C16H15N3O5S. The average Bonchev–Trinajstić information content (AvgIpc) is 3.23. The second-order valence-electron chi connectivity index (χ2n) is 4.90. The number of hydrogen-bond donors (Lipinski definition) is 0. The molecule has 2 aromatic heterocycles. The molecule has 0 atom stereocenters. The number of methoxy groups -OCH3 is 1. The Balaban J connectivity index is 2.11. The summed E-state index contributed by atoms with van der Waals surface area (Å²) in [6.07, 6.45) is 1.37. The molecule has 0 aliphatic heterocycles. The average molecular weight is 361 g/mol. The second-order valence-corrected chi connectivity index (χ2v) is 5.91. The van der Waals surface area contributed by atoms with Gasteiger partial charge in [-0.1, -0.05) is 16.5 Å². The van der Waals surface area contributed by atoms with E-state index in [0.717, 1.165) is 10.2 Å². The van der Waals surface area contributed by atoms with Crippen molar-refractivity contribution in [3.05, 3.63) is 41.0 Å². The fraction of sp³-hybridized carbons (Fsp3) is 0.250. The van der Waals surface area contributed by atoms with E-state index in [1.165, 1.54) is 23.6 Å². The maximum Gasteiger partial charge on any atom is 0.326 e. The SMILES string of the molecule is CCOC(=O)Cn1c(=NC(=O)c2ccno2)sc2cc(OC)ccc21. The van der Waals surface area contributed by atoms with Crippen LogP contribution in [0.25, 0.3) is 10.2 Å². The Labute approximate surface area is 146 Å². The van der Waals surface area contributed by atoms with E-state index in [2.05, 4.69) is 10.1 Å². The Hall–Kier alpha value is -2.94. The molecule has 0 fully saturated rings. The quantitative estimate of drug-likeness (QED) is 0.645. The van der Waals surface area contributed by atoms with Crippen molar-refractivity contribution in [2.24, 2.45) is 4.99 Å². The molecule has 2 heterocycles. The van der Waals surface area contributed by atoms with E-state index < -0.39 is 11.9 Å². The van der Waals surface area contributed by atoms with Gasteiger partial charge in [-0.25, -0.2) is 0 Å². The number of esters is 1. The van der Waals surface area contributed by atoms with Gasteiger partial charge in [-0.2, -0.15) is 4.99 Å². The zero-order valence-corrected chi connectivity index (χ0v) is 14.4. The molecule has 0 unspecified atom stereocenters. The number of rotatable bonds is 5. The minimum Gasteiger partial charge on any atom is -0.497 e. The van der Waals surface area contributed by atoms with E-state index in [-0.39, 0.29) is 18.9 Å². The Morgan fingerprint density at radius 1 is 1.36 bits per heavy atom. The third-order valence-electron chi connectivity index (χ3n) is 3.33. The standard InChI is InChI=1S/C16H15N3O5S/c1-3-23-14(20)9-19-11-5-4-10(22-2)8-13(11)25-16(19)18-15(21)12-6-7-17-24-12/h4-8H,3,9H2,1-2H3. The lowest BCUT2D eigenvalue weighted by Gasteiger charge is -2.05. The summed E-state index contributed by atoms with van der Waals surface area (Å²) < 4.78 is 17.5. The summed E-state index contributed by atoms with van der Waals surface area (Å²) in [5.74, 6) is -0.289. The molecule has 0 bridgehead atoms. The van der Waals surface area contributed by atoms with E-state index in [4.69, 9.17) is 14.0 Å². The maximum atomic E-state index is 12.2. The molecule has 0 radical (unpaired) electrons. The zero-order valence-electron chi connectivity index (χ0n) is 13.6. The van der Waals surface area contributed by atoms with Crippen LogP contribution < -0.4 is 9.54 Å². The molecule has 0 N–H and O–H groups in total. The number of amides is 1. The first-order valence-corrected chi connectivity index (χ1v) is 8.26. The van der Waals surface area contributed by atoms with E-state index >= 15 is 0 Å². The molecule has 0 aliphatic carbocycles. The van der Waals surface area contributed by atoms with Gasteiger partial charge < -0.3 is 18.6 Å². The number of carbonyl (C=O) groups excluding carboxylic acids is 2. The largest absolute Gasteiger partial charge is 0.497 e. The number of thiazole rings is 1. The zero-order chi connectivity index (χ0) is 17.8. The highest BCUT2D eigenvalue weighted by Gasteiger charge is 2.14. The Kier molecular flexibility index (Phi) is 4.94. The molecule has 3 aromatic rings. The van der Waals surface area contributed by atoms with Crippen LogP contribution in [0.15, 0.2) is 40.0 Å². The topological polar surface area (TPSA) is 95.9 Å². The Morgan fingerprint density at radius 3 is 2.88 bits per heavy atom. The molecule has 3 rings (SSSR count). The highest BCUT2D eigenvalue weighted by atomic mass is 32.1. The van der Waals surface area contributed by atoms with Crippen LogP contribution in [0.2, 0.25) is 0 Å². The van der Waals surface area contributed by atoms with Crippen molar-refractivity contribution in [1.29, 1.82) is 0 Å². The van der Waals surface area contributed by atoms with Crippen molar-refractivity contribution in [2.45, 2.75) is 13.5 Å². The van der Waals surface area contributed by atoms with Gasteiger partial charge in [-0.15, -0.1) is 0 Å². The third kappa shape index (κ3) is 3.61. The molecule has 9 heteroatoms. The molecule has 25 heavy (non-hydrogen) atoms. The van der Waals surface area contributed by atoms with E-state index in [1.807, 2.05) is 12.1 Å². The van der Waals surface area contributed by atoms with Crippen molar-refractivity contribution in [3.63, 3.8) is 0 Å². The lowest BCUT2D eigenvalue weighted by Crippen LogP contribution is -2.23. The summed E-state index contributed by atoms with van der Waals surface area (Å²) in [5, 5.41) is 3.50. The highest BCUT2D eigenvalue weighted by Crippen LogP contribution is 2.23. The van der Waals surface area contributed by atoms with Crippen LogP contribution in [-0.4, -0.2) is 35.3 Å². The molecule has 0 saturated heterocycles. The van der Waals surface area contributed by atoms with Gasteiger partial charge in [-0.3, -0.25) is 9.59 Å². The fourth-order valence-electron chi connectivity index (χ4n) is 2.22. The van der Waals surface area contributed by atoms with Crippen LogP contribution in [0.1, 0.15) is 17.5 Å². The van der Waals surface area contributed by atoms with Crippen LogP contribution in [0.5, 0.6) is 5.75 Å². The number of benzene rings is 1. The molecule has 1 aromatic carbocycles. The van der Waals surface area contributed by atoms with Gasteiger partial charge in [0.15, 0.2) is 4.80 Å². The monoisotopic (exact) mass is 361 g/mol. The molecule has 8 nitrogen and oxygen atoms in total. The van der Waals surface area contributed by atoms with Crippen molar-refractivity contribution in [3.8, 4) is 5.75 Å². The smallest absolute Gasteiger partial charge is 0.326 e. The number of nitrogens with zero attached hydrogens (tertiary/aromatic N) is 3. The summed E-state index contributed by atoms with van der Waals surface area (Å²) in [6, 6.07) is 6.83. The fourth-order valence-corrected chi connectivity index (χ4v) is 3.28. The number of ether oxygens (including phenoxy) is 2. The first-order valence-electron chi connectivity index (χ1n) is 7.45. The molecule has 0 aliphatic rings. The number of hydrogen-bond acceptors (Lipinski definition) is 7. The van der Waals surface area contributed by atoms with E-state index in [9.17, 15) is 9.59 Å². The predicted octanol–water partition coefficient (Wildman–Crippen LogP) is 2.00. The first-order chi connectivity index (χ1) is 12.1. The van der Waals surface area contributed by atoms with Crippen LogP contribution in [0.4, 0.5) is 0 Å². The molecule has 0 saturated carbocycles. The summed E-state index contributed by atoms with van der Waals surface area (Å²) in [5.41, 5.74) is 0.753. The maximum absolute atomic E-state index is 12.2. The molecular weight excluding hydrogens is 346 g/mol. The summed E-state index contributed by atoms with van der Waals surface area (Å²) in [4.78, 5) is 28.5. The van der Waals surface area contributed by atoms with Crippen molar-refractivity contribution in [2.75, 3.05) is 13.7 Å². The minimum absolute atomic E-state index is 0.0257. The number of fused-ring (bicyclic) bond motifs is 1. The van der Waals surface area contributed by atoms with E-state index in [1.54, 1.807) is 24.7 Å². The summed E-state index contributed by atoms with van der Waals surface area (Å²) >= 11 is 1.26.